The molecule has 0 aromatic heterocycles. The molecule has 2 rings (SSSR count). The highest BCUT2D eigenvalue weighted by atomic mass is 79.9. The number of halogens is 2. The van der Waals surface area contributed by atoms with Gasteiger partial charge in [-0.25, -0.2) is 13.1 Å². The molecule has 0 aliphatic carbocycles. The Morgan fingerprint density at radius 1 is 1.14 bits per heavy atom. The zero-order valence-electron chi connectivity index (χ0n) is 11.0. The molecule has 7 heteroatoms. The highest BCUT2D eigenvalue weighted by Gasteiger charge is 2.21. The fraction of sp³-hybridized carbons (Fsp3) is 0.143. The maximum Gasteiger partial charge on any atom is 0.242 e. The van der Waals surface area contributed by atoms with Crippen LogP contribution in [0.1, 0.15) is 18.5 Å². The first kappa shape index (κ1) is 16.5. The molecular weight excluding hydrogens is 422 g/mol. The second-order valence-corrected chi connectivity index (χ2v) is 7.97. The van der Waals surface area contributed by atoms with Crippen molar-refractivity contribution >= 4 is 41.9 Å². The number of benzene rings is 2. The molecule has 1 unspecified atom stereocenters. The van der Waals surface area contributed by atoms with Gasteiger partial charge in [-0.2, -0.15) is 0 Å². The fourth-order valence-electron chi connectivity index (χ4n) is 1.84. The van der Waals surface area contributed by atoms with Gasteiger partial charge in [0.25, 0.3) is 0 Å². The van der Waals surface area contributed by atoms with Crippen molar-refractivity contribution in [1.29, 1.82) is 0 Å². The molecule has 0 fully saturated rings. The van der Waals surface area contributed by atoms with Crippen molar-refractivity contribution in [3.63, 3.8) is 0 Å². The lowest BCUT2D eigenvalue weighted by Crippen LogP contribution is -2.27. The number of phenolic OH excluding ortho intramolecular Hbond substituents is 1. The molecule has 112 valence electrons. The van der Waals surface area contributed by atoms with Gasteiger partial charge in [0.1, 0.15) is 5.75 Å². The Bertz CT molecular complexity index is 763. The summed E-state index contributed by atoms with van der Waals surface area (Å²) < 4.78 is 28.7. The van der Waals surface area contributed by atoms with Crippen molar-refractivity contribution in [3.05, 3.63) is 57.0 Å². The van der Waals surface area contributed by atoms with Gasteiger partial charge >= 0.3 is 0 Å². The van der Waals surface area contributed by atoms with Crippen molar-refractivity contribution < 1.29 is 13.5 Å². The first-order chi connectivity index (χ1) is 9.79. The number of sulfonamides is 1. The quantitative estimate of drug-likeness (QED) is 0.765. The van der Waals surface area contributed by atoms with Gasteiger partial charge in [-0.3, -0.25) is 0 Å². The first-order valence-electron chi connectivity index (χ1n) is 6.06. The average molecular weight is 435 g/mol. The molecule has 4 nitrogen and oxygen atoms in total. The van der Waals surface area contributed by atoms with Crippen LogP contribution in [0.5, 0.6) is 5.75 Å². The summed E-state index contributed by atoms with van der Waals surface area (Å²) in [4.78, 5) is 0.156. The molecule has 0 aliphatic heterocycles. The van der Waals surface area contributed by atoms with Crippen LogP contribution in [0.4, 0.5) is 0 Å². The molecular formula is C14H13Br2NO3S. The van der Waals surface area contributed by atoms with Crippen molar-refractivity contribution in [2.24, 2.45) is 0 Å². The van der Waals surface area contributed by atoms with Gasteiger partial charge in [0.2, 0.25) is 10.0 Å². The molecule has 0 amide bonds. The molecule has 0 aliphatic rings. The van der Waals surface area contributed by atoms with Crippen molar-refractivity contribution in [1.82, 2.24) is 4.72 Å². The second-order valence-electron chi connectivity index (χ2n) is 4.51. The second kappa shape index (κ2) is 6.48. The summed E-state index contributed by atoms with van der Waals surface area (Å²) in [6.07, 6.45) is 0. The van der Waals surface area contributed by atoms with Crippen molar-refractivity contribution in [2.75, 3.05) is 0 Å². The monoisotopic (exact) mass is 433 g/mol. The minimum absolute atomic E-state index is 0.0992. The lowest BCUT2D eigenvalue weighted by molar-refractivity contribution is 0.473. The summed E-state index contributed by atoms with van der Waals surface area (Å²) in [7, 11) is -3.68. The third-order valence-electron chi connectivity index (χ3n) is 2.88. The highest BCUT2D eigenvalue weighted by Crippen LogP contribution is 2.27. The molecule has 2 N–H and O–H groups in total. The Balaban J connectivity index is 2.31. The van der Waals surface area contributed by atoms with Crippen LogP contribution in [0.2, 0.25) is 0 Å². The number of rotatable bonds is 4. The smallest absolute Gasteiger partial charge is 0.242 e. The fourth-order valence-corrected chi connectivity index (χ4v) is 4.58. The first-order valence-corrected chi connectivity index (χ1v) is 9.13. The molecule has 0 radical (unpaired) electrons. The summed E-state index contributed by atoms with van der Waals surface area (Å²) in [6, 6.07) is 11.0. The average Bonchev–Trinajstić information content (AvgIpc) is 2.41. The van der Waals surface area contributed by atoms with Gasteiger partial charge in [-0.1, -0.05) is 28.1 Å². The van der Waals surface area contributed by atoms with E-state index in [0.717, 1.165) is 0 Å². The summed E-state index contributed by atoms with van der Waals surface area (Å²) in [5.74, 6) is 0.0992. The Kier molecular flexibility index (Phi) is 5.08. The van der Waals surface area contributed by atoms with E-state index in [2.05, 4.69) is 36.6 Å². The van der Waals surface area contributed by atoms with Crippen LogP contribution < -0.4 is 4.72 Å². The zero-order chi connectivity index (χ0) is 15.6. The van der Waals surface area contributed by atoms with Gasteiger partial charge in [0.05, 0.1) is 4.90 Å². The molecule has 0 bridgehead atoms. The van der Waals surface area contributed by atoms with Crippen LogP contribution >= 0.6 is 31.9 Å². The Morgan fingerprint density at radius 3 is 2.52 bits per heavy atom. The van der Waals surface area contributed by atoms with Crippen LogP contribution in [0, 0.1) is 0 Å². The summed E-state index contributed by atoms with van der Waals surface area (Å²) >= 11 is 6.51. The van der Waals surface area contributed by atoms with E-state index in [9.17, 15) is 13.5 Å². The SMILES string of the molecule is CC(NS(=O)(=O)c1cc(Br)ccc1Br)c1cccc(O)c1. The van der Waals surface area contributed by atoms with Crippen molar-refractivity contribution in [3.8, 4) is 5.75 Å². The van der Waals surface area contributed by atoms with Crippen LogP contribution in [-0.4, -0.2) is 13.5 Å². The van der Waals surface area contributed by atoms with E-state index in [0.29, 0.717) is 14.5 Å². The molecule has 0 saturated heterocycles. The normalized spacial score (nSPS) is 13.1. The van der Waals surface area contributed by atoms with E-state index in [4.69, 9.17) is 0 Å². The molecule has 0 spiro atoms. The van der Waals surface area contributed by atoms with Crippen molar-refractivity contribution in [2.45, 2.75) is 17.9 Å². The van der Waals surface area contributed by atoms with Gasteiger partial charge in [0, 0.05) is 15.0 Å². The van der Waals surface area contributed by atoms with E-state index < -0.39 is 16.1 Å². The minimum atomic E-state index is -3.68. The molecule has 0 heterocycles. The number of aromatic hydroxyl groups is 1. The predicted molar refractivity (Wildman–Crippen MR) is 88.7 cm³/mol. The van der Waals surface area contributed by atoms with E-state index >= 15 is 0 Å². The largest absolute Gasteiger partial charge is 0.508 e. The predicted octanol–water partition coefficient (Wildman–Crippen LogP) is 3.96. The third-order valence-corrected chi connectivity index (χ3v) is 5.91. The zero-order valence-corrected chi connectivity index (χ0v) is 15.0. The van der Waals surface area contributed by atoms with Crippen LogP contribution in [-0.2, 0) is 10.0 Å². The maximum atomic E-state index is 12.4. The molecule has 2 aromatic carbocycles. The van der Waals surface area contributed by atoms with Crippen LogP contribution in [0.3, 0.4) is 0 Å². The van der Waals surface area contributed by atoms with E-state index in [-0.39, 0.29) is 10.6 Å². The molecule has 2 aromatic rings. The number of hydrogen-bond acceptors (Lipinski definition) is 3. The van der Waals surface area contributed by atoms with E-state index in [1.165, 1.54) is 18.2 Å². The summed E-state index contributed by atoms with van der Waals surface area (Å²) in [6.45, 7) is 1.72. The van der Waals surface area contributed by atoms with Crippen LogP contribution in [0.25, 0.3) is 0 Å². The molecule has 21 heavy (non-hydrogen) atoms. The summed E-state index contributed by atoms with van der Waals surface area (Å²) in [5, 5.41) is 9.47. The van der Waals surface area contributed by atoms with Crippen LogP contribution in [0.15, 0.2) is 56.3 Å². The van der Waals surface area contributed by atoms with Gasteiger partial charge in [-0.15, -0.1) is 0 Å². The lowest BCUT2D eigenvalue weighted by atomic mass is 10.1. The third kappa shape index (κ3) is 4.06. The number of phenols is 1. The Labute approximate surface area is 140 Å². The Morgan fingerprint density at radius 2 is 1.86 bits per heavy atom. The van der Waals surface area contributed by atoms with E-state index in [1.54, 1.807) is 31.2 Å². The van der Waals surface area contributed by atoms with Gasteiger partial charge in [-0.05, 0) is 58.7 Å². The lowest BCUT2D eigenvalue weighted by Gasteiger charge is -2.16. The minimum Gasteiger partial charge on any atom is -0.508 e. The molecule has 0 saturated carbocycles. The highest BCUT2D eigenvalue weighted by molar-refractivity contribution is 9.11. The number of hydrogen-bond donors (Lipinski definition) is 2. The van der Waals surface area contributed by atoms with Gasteiger partial charge in [0.15, 0.2) is 0 Å². The standard InChI is InChI=1S/C14H13Br2NO3S/c1-9(10-3-2-4-12(18)7-10)17-21(19,20)14-8-11(15)5-6-13(14)16/h2-9,17-18H,1H3. The topological polar surface area (TPSA) is 66.4 Å². The summed E-state index contributed by atoms with van der Waals surface area (Å²) in [5.41, 5.74) is 0.685. The maximum absolute atomic E-state index is 12.4. The van der Waals surface area contributed by atoms with Gasteiger partial charge < -0.3 is 5.11 Å². The Hall–Kier alpha value is -0.890. The molecule has 1 atom stereocenters. The number of nitrogens with one attached hydrogen (secondary N) is 1. The van der Waals surface area contributed by atoms with E-state index in [1.807, 2.05) is 0 Å².